The van der Waals surface area contributed by atoms with Gasteiger partial charge in [-0.1, -0.05) is 61.9 Å². The van der Waals surface area contributed by atoms with Crippen LogP contribution in [0.15, 0.2) is 53.4 Å². The van der Waals surface area contributed by atoms with Gasteiger partial charge in [-0.05, 0) is 36.8 Å². The molecule has 1 saturated heterocycles. The summed E-state index contributed by atoms with van der Waals surface area (Å²) >= 11 is 6.60. The molecular formula is C25H25N3O4S2. The molecular weight excluding hydrogens is 470 g/mol. The molecule has 1 N–H and O–H groups in total. The van der Waals surface area contributed by atoms with E-state index in [-0.39, 0.29) is 24.3 Å². The lowest BCUT2D eigenvalue weighted by molar-refractivity contribution is -0.122. The minimum Gasteiger partial charge on any atom is -0.497 e. The predicted octanol–water partition coefficient (Wildman–Crippen LogP) is 4.44. The van der Waals surface area contributed by atoms with Crippen LogP contribution in [-0.4, -0.2) is 47.1 Å². The number of carbonyl (C=O) groups excluding carboxylic acids is 3. The minimum absolute atomic E-state index is 0.178. The smallest absolute Gasteiger partial charge is 0.267 e. The first-order chi connectivity index (χ1) is 16.4. The fourth-order valence-corrected chi connectivity index (χ4v) is 5.32. The molecule has 4 rings (SSSR count). The maximum Gasteiger partial charge on any atom is 0.267 e. The number of rotatable bonds is 8. The van der Waals surface area contributed by atoms with Crippen LogP contribution in [0.5, 0.6) is 5.75 Å². The third-order valence-corrected chi connectivity index (χ3v) is 7.11. The van der Waals surface area contributed by atoms with Crippen LogP contribution in [0.4, 0.5) is 11.4 Å². The molecule has 9 heteroatoms. The van der Waals surface area contributed by atoms with Crippen molar-refractivity contribution in [3.8, 4) is 5.75 Å². The standard InChI is InChI=1S/C25H25N3O4S2/c1-3-4-7-14-27-24(31)22(34-25(27)33)21-18-8-5-6-9-19(18)28(23(21)30)15-20(29)26-16-10-12-17(32-2)13-11-16/h5-6,8-13H,3-4,7,14-15H2,1-2H3,(H,26,29)/b22-21-. The average molecular weight is 496 g/mol. The number of nitrogens with one attached hydrogen (secondary N) is 1. The zero-order valence-corrected chi connectivity index (χ0v) is 20.6. The molecule has 0 unspecified atom stereocenters. The Morgan fingerprint density at radius 1 is 1.03 bits per heavy atom. The molecule has 0 saturated carbocycles. The molecule has 34 heavy (non-hydrogen) atoms. The van der Waals surface area contributed by atoms with E-state index in [9.17, 15) is 14.4 Å². The van der Waals surface area contributed by atoms with Crippen LogP contribution in [0.3, 0.4) is 0 Å². The van der Waals surface area contributed by atoms with E-state index in [0.29, 0.717) is 44.0 Å². The highest BCUT2D eigenvalue weighted by molar-refractivity contribution is 8.26. The van der Waals surface area contributed by atoms with Gasteiger partial charge in [0.25, 0.3) is 11.8 Å². The van der Waals surface area contributed by atoms with E-state index >= 15 is 0 Å². The third kappa shape index (κ3) is 4.71. The van der Waals surface area contributed by atoms with Gasteiger partial charge in [-0.15, -0.1) is 0 Å². The molecule has 0 spiro atoms. The summed E-state index contributed by atoms with van der Waals surface area (Å²) in [6, 6.07) is 14.1. The Morgan fingerprint density at radius 2 is 1.76 bits per heavy atom. The predicted molar refractivity (Wildman–Crippen MR) is 139 cm³/mol. The van der Waals surface area contributed by atoms with Crippen molar-refractivity contribution < 1.29 is 19.1 Å². The number of thioether (sulfide) groups is 1. The molecule has 176 valence electrons. The summed E-state index contributed by atoms with van der Waals surface area (Å²) < 4.78 is 5.60. The van der Waals surface area contributed by atoms with Gasteiger partial charge in [-0.25, -0.2) is 0 Å². The summed E-state index contributed by atoms with van der Waals surface area (Å²) in [5.74, 6) is -0.283. The van der Waals surface area contributed by atoms with Crippen molar-refractivity contribution in [2.75, 3.05) is 30.4 Å². The zero-order valence-electron chi connectivity index (χ0n) is 19.0. The van der Waals surface area contributed by atoms with Crippen LogP contribution >= 0.6 is 24.0 Å². The van der Waals surface area contributed by atoms with Crippen LogP contribution in [0.1, 0.15) is 31.7 Å². The topological polar surface area (TPSA) is 79.0 Å². The number of thiocarbonyl (C=S) groups is 1. The van der Waals surface area contributed by atoms with Crippen LogP contribution in [-0.2, 0) is 14.4 Å². The molecule has 7 nitrogen and oxygen atoms in total. The monoisotopic (exact) mass is 495 g/mol. The summed E-state index contributed by atoms with van der Waals surface area (Å²) in [6.45, 7) is 2.46. The summed E-state index contributed by atoms with van der Waals surface area (Å²) in [6.07, 6.45) is 2.89. The maximum atomic E-state index is 13.5. The number of ether oxygens (including phenoxy) is 1. The zero-order chi connectivity index (χ0) is 24.2. The fourth-order valence-electron chi connectivity index (χ4n) is 3.94. The maximum absolute atomic E-state index is 13.5. The first kappa shape index (κ1) is 24.0. The number of amides is 3. The molecule has 0 aliphatic carbocycles. The molecule has 0 atom stereocenters. The van der Waals surface area contributed by atoms with E-state index in [4.69, 9.17) is 17.0 Å². The van der Waals surface area contributed by atoms with Crippen LogP contribution in [0.25, 0.3) is 5.57 Å². The van der Waals surface area contributed by atoms with Gasteiger partial charge in [-0.2, -0.15) is 0 Å². The van der Waals surface area contributed by atoms with E-state index in [1.807, 2.05) is 6.07 Å². The number of hydrogen-bond acceptors (Lipinski definition) is 6. The number of nitrogens with zero attached hydrogens (tertiary/aromatic N) is 2. The van der Waals surface area contributed by atoms with Crippen molar-refractivity contribution in [2.45, 2.75) is 26.2 Å². The minimum atomic E-state index is -0.375. The van der Waals surface area contributed by atoms with Crippen molar-refractivity contribution in [1.29, 1.82) is 0 Å². The number of benzene rings is 2. The van der Waals surface area contributed by atoms with E-state index in [1.165, 1.54) is 4.90 Å². The second kappa shape index (κ2) is 10.4. The first-order valence-electron chi connectivity index (χ1n) is 11.1. The average Bonchev–Trinajstić information content (AvgIpc) is 3.27. The number of anilines is 2. The van der Waals surface area contributed by atoms with Gasteiger partial charge in [0.05, 0.1) is 23.3 Å². The molecule has 0 bridgehead atoms. The summed E-state index contributed by atoms with van der Waals surface area (Å²) in [5, 5.41) is 2.80. The molecule has 2 aliphatic heterocycles. The first-order valence-corrected chi connectivity index (χ1v) is 12.3. The summed E-state index contributed by atoms with van der Waals surface area (Å²) in [5.41, 5.74) is 2.14. The van der Waals surface area contributed by atoms with Gasteiger partial charge in [0.15, 0.2) is 0 Å². The molecule has 2 heterocycles. The molecule has 1 fully saturated rings. The Bertz CT molecular complexity index is 1180. The van der Waals surface area contributed by atoms with E-state index < -0.39 is 0 Å². The Balaban J connectivity index is 1.57. The van der Waals surface area contributed by atoms with Crippen molar-refractivity contribution in [1.82, 2.24) is 4.90 Å². The Hall–Kier alpha value is -3.17. The van der Waals surface area contributed by atoms with E-state index in [0.717, 1.165) is 31.0 Å². The molecule has 3 amide bonds. The molecule has 2 aromatic rings. The van der Waals surface area contributed by atoms with Crippen molar-refractivity contribution >= 4 is 63.0 Å². The number of fused-ring (bicyclic) bond motifs is 1. The van der Waals surface area contributed by atoms with Crippen molar-refractivity contribution in [2.24, 2.45) is 0 Å². The van der Waals surface area contributed by atoms with Gasteiger partial charge in [0.1, 0.15) is 16.6 Å². The second-order valence-electron chi connectivity index (χ2n) is 7.92. The van der Waals surface area contributed by atoms with Gasteiger partial charge in [-0.3, -0.25) is 24.2 Å². The van der Waals surface area contributed by atoms with Crippen LogP contribution < -0.4 is 15.0 Å². The number of unbranched alkanes of at least 4 members (excludes halogenated alkanes) is 2. The van der Waals surface area contributed by atoms with Gasteiger partial charge in [0.2, 0.25) is 5.91 Å². The van der Waals surface area contributed by atoms with Crippen molar-refractivity contribution in [3.05, 3.63) is 59.0 Å². The highest BCUT2D eigenvalue weighted by Crippen LogP contribution is 2.44. The highest BCUT2D eigenvalue weighted by Gasteiger charge is 2.42. The number of hydrogen-bond donors (Lipinski definition) is 1. The van der Waals surface area contributed by atoms with Crippen LogP contribution in [0.2, 0.25) is 0 Å². The number of methoxy groups -OCH3 is 1. The number of carbonyl (C=O) groups is 3. The largest absolute Gasteiger partial charge is 0.497 e. The van der Waals surface area contributed by atoms with Gasteiger partial charge >= 0.3 is 0 Å². The lowest BCUT2D eigenvalue weighted by Gasteiger charge is -2.17. The van der Waals surface area contributed by atoms with Crippen LogP contribution in [0, 0.1) is 0 Å². The fraction of sp³-hybridized carbons (Fsp3) is 0.280. The lowest BCUT2D eigenvalue weighted by Crippen LogP contribution is -2.35. The Kier molecular flexibility index (Phi) is 7.33. The molecule has 2 aliphatic rings. The SMILES string of the molecule is CCCCCN1C(=O)/C(=C2/C(=O)N(CC(=O)Nc3ccc(OC)cc3)c3ccccc32)SC1=S. The number of para-hydroxylation sites is 1. The molecule has 0 radical (unpaired) electrons. The van der Waals surface area contributed by atoms with E-state index in [2.05, 4.69) is 12.2 Å². The summed E-state index contributed by atoms with van der Waals surface area (Å²) in [4.78, 5) is 42.7. The highest BCUT2D eigenvalue weighted by atomic mass is 32.2. The lowest BCUT2D eigenvalue weighted by atomic mass is 10.1. The summed E-state index contributed by atoms with van der Waals surface area (Å²) in [7, 11) is 1.57. The second-order valence-corrected chi connectivity index (χ2v) is 9.57. The van der Waals surface area contributed by atoms with Gasteiger partial charge in [0, 0.05) is 17.8 Å². The Labute approximate surface area is 208 Å². The molecule has 2 aromatic carbocycles. The quantitative estimate of drug-likeness (QED) is 0.331. The third-order valence-electron chi connectivity index (χ3n) is 5.66. The van der Waals surface area contributed by atoms with E-state index in [1.54, 1.807) is 54.5 Å². The Morgan fingerprint density at radius 3 is 2.47 bits per heavy atom. The van der Waals surface area contributed by atoms with Crippen molar-refractivity contribution in [3.63, 3.8) is 0 Å². The molecule has 0 aromatic heterocycles. The van der Waals surface area contributed by atoms with Gasteiger partial charge < -0.3 is 10.1 Å². The normalized spacial score (nSPS) is 17.4.